The number of methoxy groups -OCH3 is 1. The van der Waals surface area contributed by atoms with Gasteiger partial charge in [-0.2, -0.15) is 0 Å². The number of nitro groups is 1. The van der Waals surface area contributed by atoms with Crippen LogP contribution in [0.15, 0.2) is 28.9 Å². The molecule has 2 aromatic rings. The summed E-state index contributed by atoms with van der Waals surface area (Å²) in [5.74, 6) is 0.742. The summed E-state index contributed by atoms with van der Waals surface area (Å²) >= 11 is 0. The molecule has 0 amide bonds. The highest BCUT2D eigenvalue weighted by molar-refractivity contribution is 5.66. The minimum atomic E-state index is -0.492. The van der Waals surface area contributed by atoms with E-state index in [4.69, 9.17) is 9.26 Å². The van der Waals surface area contributed by atoms with Crippen molar-refractivity contribution in [3.05, 3.63) is 40.1 Å². The number of aromatic nitrogens is 1. The zero-order chi connectivity index (χ0) is 12.4. The Morgan fingerprint density at radius 2 is 2.24 bits per heavy atom. The first-order chi connectivity index (χ1) is 8.13. The first kappa shape index (κ1) is 11.1. The highest BCUT2D eigenvalue weighted by atomic mass is 16.6. The third kappa shape index (κ3) is 1.96. The predicted octanol–water partition coefficient (Wildman–Crippen LogP) is 2.57. The van der Waals surface area contributed by atoms with Gasteiger partial charge in [0.1, 0.15) is 0 Å². The second kappa shape index (κ2) is 4.25. The van der Waals surface area contributed by atoms with Crippen LogP contribution in [0.3, 0.4) is 0 Å². The molecule has 0 saturated carbocycles. The lowest BCUT2D eigenvalue weighted by atomic mass is 10.1. The Hall–Kier alpha value is -2.37. The Balaban J connectivity index is 2.55. The standard InChI is InChI=1S/C11H10N2O4/c1-7-6-12-17-11(7)8-3-4-10(16-2)9(5-8)13(14)15/h3-6H,1-2H3. The van der Waals surface area contributed by atoms with Crippen LogP contribution in [-0.2, 0) is 0 Å². The fourth-order valence-corrected chi connectivity index (χ4v) is 1.54. The molecule has 0 radical (unpaired) electrons. The average Bonchev–Trinajstić information content (AvgIpc) is 2.74. The Morgan fingerprint density at radius 3 is 2.76 bits per heavy atom. The molecule has 0 aliphatic rings. The van der Waals surface area contributed by atoms with Crippen molar-refractivity contribution >= 4 is 5.69 Å². The zero-order valence-electron chi connectivity index (χ0n) is 9.34. The van der Waals surface area contributed by atoms with Gasteiger partial charge in [-0.05, 0) is 19.1 Å². The monoisotopic (exact) mass is 234 g/mol. The summed E-state index contributed by atoms with van der Waals surface area (Å²) < 4.78 is 9.97. The number of nitro benzene ring substituents is 1. The molecule has 0 atom stereocenters. The maximum Gasteiger partial charge on any atom is 0.311 e. The Morgan fingerprint density at radius 1 is 1.47 bits per heavy atom. The molecular formula is C11H10N2O4. The summed E-state index contributed by atoms with van der Waals surface area (Å²) in [5.41, 5.74) is 1.33. The van der Waals surface area contributed by atoms with Crippen molar-refractivity contribution in [2.75, 3.05) is 7.11 Å². The van der Waals surface area contributed by atoms with Gasteiger partial charge >= 0.3 is 5.69 Å². The molecule has 6 nitrogen and oxygen atoms in total. The minimum Gasteiger partial charge on any atom is -0.490 e. The van der Waals surface area contributed by atoms with Crippen LogP contribution in [-0.4, -0.2) is 17.2 Å². The van der Waals surface area contributed by atoms with Crippen LogP contribution in [0.5, 0.6) is 5.75 Å². The van der Waals surface area contributed by atoms with E-state index in [0.29, 0.717) is 11.3 Å². The van der Waals surface area contributed by atoms with E-state index in [2.05, 4.69) is 5.16 Å². The Bertz CT molecular complexity index is 562. The summed E-state index contributed by atoms with van der Waals surface area (Å²) in [6.07, 6.45) is 1.56. The molecule has 0 saturated heterocycles. The van der Waals surface area contributed by atoms with Crippen LogP contribution < -0.4 is 4.74 Å². The number of hydrogen-bond acceptors (Lipinski definition) is 5. The molecule has 0 unspecified atom stereocenters. The highest BCUT2D eigenvalue weighted by Crippen LogP contribution is 2.33. The fourth-order valence-electron chi connectivity index (χ4n) is 1.54. The number of aryl methyl sites for hydroxylation is 1. The largest absolute Gasteiger partial charge is 0.490 e. The second-order valence-electron chi connectivity index (χ2n) is 3.48. The first-order valence-electron chi connectivity index (χ1n) is 4.87. The topological polar surface area (TPSA) is 78.4 Å². The molecular weight excluding hydrogens is 224 g/mol. The lowest BCUT2D eigenvalue weighted by molar-refractivity contribution is -0.385. The second-order valence-corrected chi connectivity index (χ2v) is 3.48. The fraction of sp³-hybridized carbons (Fsp3) is 0.182. The summed E-state index contributed by atoms with van der Waals surface area (Å²) in [4.78, 5) is 10.4. The van der Waals surface area contributed by atoms with Crippen molar-refractivity contribution in [1.82, 2.24) is 5.16 Å². The molecule has 0 N–H and O–H groups in total. The average molecular weight is 234 g/mol. The van der Waals surface area contributed by atoms with Crippen LogP contribution in [0.2, 0.25) is 0 Å². The molecule has 0 spiro atoms. The maximum atomic E-state index is 10.9. The smallest absolute Gasteiger partial charge is 0.311 e. The normalized spacial score (nSPS) is 10.2. The number of hydrogen-bond donors (Lipinski definition) is 0. The van der Waals surface area contributed by atoms with Gasteiger partial charge in [-0.15, -0.1) is 0 Å². The molecule has 0 aliphatic heterocycles. The molecule has 88 valence electrons. The molecule has 17 heavy (non-hydrogen) atoms. The van der Waals surface area contributed by atoms with E-state index in [0.717, 1.165) is 5.56 Å². The van der Waals surface area contributed by atoms with Gasteiger partial charge in [0, 0.05) is 17.2 Å². The van der Waals surface area contributed by atoms with Gasteiger partial charge in [0.15, 0.2) is 11.5 Å². The number of benzene rings is 1. The van der Waals surface area contributed by atoms with Crippen molar-refractivity contribution in [3.63, 3.8) is 0 Å². The van der Waals surface area contributed by atoms with Gasteiger partial charge < -0.3 is 9.26 Å². The number of ether oxygens (including phenoxy) is 1. The van der Waals surface area contributed by atoms with E-state index in [-0.39, 0.29) is 11.4 Å². The van der Waals surface area contributed by atoms with Crippen LogP contribution in [0.25, 0.3) is 11.3 Å². The number of rotatable bonds is 3. The molecule has 6 heteroatoms. The van der Waals surface area contributed by atoms with E-state index >= 15 is 0 Å². The van der Waals surface area contributed by atoms with E-state index in [1.54, 1.807) is 12.3 Å². The summed E-state index contributed by atoms with van der Waals surface area (Å²) in [6.45, 7) is 1.82. The maximum absolute atomic E-state index is 10.9. The van der Waals surface area contributed by atoms with Crippen LogP contribution in [0.4, 0.5) is 5.69 Å². The van der Waals surface area contributed by atoms with E-state index in [9.17, 15) is 10.1 Å². The van der Waals surface area contributed by atoms with Gasteiger partial charge in [0.2, 0.25) is 0 Å². The zero-order valence-corrected chi connectivity index (χ0v) is 9.34. The third-order valence-corrected chi connectivity index (χ3v) is 2.39. The van der Waals surface area contributed by atoms with E-state index in [1.165, 1.54) is 19.2 Å². The van der Waals surface area contributed by atoms with E-state index in [1.807, 2.05) is 6.92 Å². The van der Waals surface area contributed by atoms with Crippen LogP contribution in [0, 0.1) is 17.0 Å². The molecule has 0 bridgehead atoms. The summed E-state index contributed by atoms with van der Waals surface area (Å²) in [6, 6.07) is 4.64. The number of nitrogens with zero attached hydrogens (tertiary/aromatic N) is 2. The molecule has 1 aromatic carbocycles. The van der Waals surface area contributed by atoms with Crippen molar-refractivity contribution in [1.29, 1.82) is 0 Å². The molecule has 1 heterocycles. The van der Waals surface area contributed by atoms with Gasteiger partial charge in [0.05, 0.1) is 18.2 Å². The van der Waals surface area contributed by atoms with Gasteiger partial charge in [-0.25, -0.2) is 0 Å². The van der Waals surface area contributed by atoms with Crippen LogP contribution >= 0.6 is 0 Å². The minimum absolute atomic E-state index is 0.0965. The van der Waals surface area contributed by atoms with Crippen molar-refractivity contribution in [2.24, 2.45) is 0 Å². The predicted molar refractivity (Wildman–Crippen MR) is 59.9 cm³/mol. The lowest BCUT2D eigenvalue weighted by Crippen LogP contribution is -1.94. The Kier molecular flexibility index (Phi) is 2.78. The van der Waals surface area contributed by atoms with Crippen LogP contribution in [0.1, 0.15) is 5.56 Å². The lowest BCUT2D eigenvalue weighted by Gasteiger charge is -2.03. The van der Waals surface area contributed by atoms with Gasteiger partial charge in [-0.1, -0.05) is 5.16 Å². The summed E-state index contributed by atoms with van der Waals surface area (Å²) in [7, 11) is 1.39. The molecule has 0 aliphatic carbocycles. The molecule has 2 rings (SSSR count). The first-order valence-corrected chi connectivity index (χ1v) is 4.87. The molecule has 0 fully saturated rings. The summed E-state index contributed by atoms with van der Waals surface area (Å²) in [5, 5.41) is 14.5. The Labute approximate surface area is 97.0 Å². The van der Waals surface area contributed by atoms with Crippen molar-refractivity contribution in [2.45, 2.75) is 6.92 Å². The van der Waals surface area contributed by atoms with E-state index < -0.39 is 4.92 Å². The third-order valence-electron chi connectivity index (χ3n) is 2.39. The highest BCUT2D eigenvalue weighted by Gasteiger charge is 2.18. The SMILES string of the molecule is COc1ccc(-c2oncc2C)cc1[N+](=O)[O-]. The van der Waals surface area contributed by atoms with Crippen molar-refractivity contribution < 1.29 is 14.2 Å². The molecule has 1 aromatic heterocycles. The van der Waals surface area contributed by atoms with Gasteiger partial charge in [-0.3, -0.25) is 10.1 Å². The van der Waals surface area contributed by atoms with Gasteiger partial charge in [0.25, 0.3) is 0 Å². The quantitative estimate of drug-likeness (QED) is 0.602. The van der Waals surface area contributed by atoms with Crippen molar-refractivity contribution in [3.8, 4) is 17.1 Å².